The number of amides is 1. The number of para-hydroxylation sites is 2. The summed E-state index contributed by atoms with van der Waals surface area (Å²) in [5.74, 6) is 1.74. The fourth-order valence-electron chi connectivity index (χ4n) is 2.93. The second kappa shape index (κ2) is 7.51. The average Bonchev–Trinajstić information content (AvgIpc) is 3.02. The lowest BCUT2D eigenvalue weighted by molar-refractivity contribution is -0.118. The molecule has 26 heavy (non-hydrogen) atoms. The number of hydrogen-bond acceptors (Lipinski definition) is 5. The van der Waals surface area contributed by atoms with Gasteiger partial charge in [0.1, 0.15) is 5.75 Å². The fraction of sp³-hybridized carbons (Fsp3) is 0.368. The van der Waals surface area contributed by atoms with E-state index in [1.165, 1.54) is 0 Å². The Morgan fingerprint density at radius 2 is 2.00 bits per heavy atom. The van der Waals surface area contributed by atoms with Crippen molar-refractivity contribution in [3.8, 4) is 5.75 Å². The van der Waals surface area contributed by atoms with Gasteiger partial charge in [0.05, 0.1) is 19.3 Å². The number of anilines is 1. The van der Waals surface area contributed by atoms with Crippen LogP contribution in [0.3, 0.4) is 0 Å². The number of hydrogen-bond donors (Lipinski definition) is 0. The van der Waals surface area contributed by atoms with E-state index in [2.05, 4.69) is 15.1 Å². The van der Waals surface area contributed by atoms with Gasteiger partial charge in [-0.3, -0.25) is 4.79 Å². The number of aryl methyl sites for hydroxylation is 2. The van der Waals surface area contributed by atoms with Gasteiger partial charge in [-0.25, -0.2) is 9.50 Å². The molecule has 3 aromatic rings. The van der Waals surface area contributed by atoms with Crippen LogP contribution >= 0.6 is 0 Å². The second-order valence-corrected chi connectivity index (χ2v) is 6.18. The molecule has 7 nitrogen and oxygen atoms in total. The van der Waals surface area contributed by atoms with Gasteiger partial charge in [-0.05, 0) is 38.5 Å². The Kier molecular flexibility index (Phi) is 5.16. The maximum absolute atomic E-state index is 12.7. The lowest BCUT2D eigenvalue weighted by Gasteiger charge is -2.23. The first-order valence-corrected chi connectivity index (χ1v) is 8.66. The topological polar surface area (TPSA) is 72.6 Å². The molecule has 0 saturated carbocycles. The Morgan fingerprint density at radius 1 is 1.23 bits per heavy atom. The van der Waals surface area contributed by atoms with Crippen LogP contribution in [-0.4, -0.2) is 32.6 Å². The molecule has 0 aliphatic heterocycles. The molecule has 0 bridgehead atoms. The molecule has 2 heterocycles. The smallest absolute Gasteiger partial charge is 0.252 e. The van der Waals surface area contributed by atoms with Gasteiger partial charge in [0.2, 0.25) is 5.91 Å². The Balaban J connectivity index is 2.00. The summed E-state index contributed by atoms with van der Waals surface area (Å²) >= 11 is 0. The van der Waals surface area contributed by atoms with Gasteiger partial charge >= 0.3 is 0 Å². The highest BCUT2D eigenvalue weighted by Gasteiger charge is 2.21. The van der Waals surface area contributed by atoms with E-state index in [9.17, 15) is 4.79 Å². The summed E-state index contributed by atoms with van der Waals surface area (Å²) in [5, 5.41) is 4.53. The monoisotopic (exact) mass is 353 g/mol. The molecular formula is C19H23N5O2. The zero-order valence-corrected chi connectivity index (χ0v) is 15.6. The number of methoxy groups -OCH3 is 1. The Morgan fingerprint density at radius 3 is 2.73 bits per heavy atom. The average molecular weight is 353 g/mol. The molecule has 0 spiro atoms. The van der Waals surface area contributed by atoms with Gasteiger partial charge in [0.25, 0.3) is 5.78 Å². The molecule has 0 unspecified atom stereocenters. The summed E-state index contributed by atoms with van der Waals surface area (Å²) < 4.78 is 7.14. The molecule has 0 atom stereocenters. The van der Waals surface area contributed by atoms with Gasteiger partial charge in [-0.15, -0.1) is 5.10 Å². The van der Waals surface area contributed by atoms with E-state index >= 15 is 0 Å². The standard InChI is InChI=1S/C19H23N5O2/c1-5-8-18(25)23(15-9-6-7-10-16(15)26-4)12-17-21-19-20-13(2)11-14(3)24(19)22-17/h6-7,9-11H,5,8,12H2,1-4H3. The molecule has 0 aliphatic rings. The van der Waals surface area contributed by atoms with Crippen LogP contribution in [0.1, 0.15) is 37.0 Å². The van der Waals surface area contributed by atoms with Crippen molar-refractivity contribution < 1.29 is 9.53 Å². The minimum absolute atomic E-state index is 0.0108. The van der Waals surface area contributed by atoms with Crippen LogP contribution in [0.2, 0.25) is 0 Å². The van der Waals surface area contributed by atoms with Gasteiger partial charge in [-0.2, -0.15) is 4.98 Å². The summed E-state index contributed by atoms with van der Waals surface area (Å²) in [6.45, 7) is 6.13. The summed E-state index contributed by atoms with van der Waals surface area (Å²) in [6, 6.07) is 9.43. The Bertz CT molecular complexity index is 935. The summed E-state index contributed by atoms with van der Waals surface area (Å²) in [5.41, 5.74) is 2.56. The van der Waals surface area contributed by atoms with Crippen molar-refractivity contribution in [2.75, 3.05) is 12.0 Å². The first-order valence-electron chi connectivity index (χ1n) is 8.66. The van der Waals surface area contributed by atoms with Crippen molar-refractivity contribution in [3.05, 3.63) is 47.5 Å². The number of carbonyl (C=O) groups is 1. The largest absolute Gasteiger partial charge is 0.495 e. The van der Waals surface area contributed by atoms with Gasteiger partial charge < -0.3 is 9.64 Å². The Hall–Kier alpha value is -2.96. The van der Waals surface area contributed by atoms with E-state index in [0.29, 0.717) is 29.5 Å². The minimum atomic E-state index is 0.0108. The summed E-state index contributed by atoms with van der Waals surface area (Å²) in [4.78, 5) is 23.3. The third-order valence-corrected chi connectivity index (χ3v) is 4.10. The van der Waals surface area contributed by atoms with Crippen LogP contribution in [0.5, 0.6) is 5.75 Å². The predicted molar refractivity (Wildman–Crippen MR) is 99.3 cm³/mol. The minimum Gasteiger partial charge on any atom is -0.495 e. The van der Waals surface area contributed by atoms with E-state index in [1.807, 2.05) is 51.1 Å². The molecule has 0 saturated heterocycles. The van der Waals surface area contributed by atoms with Gasteiger partial charge in [0, 0.05) is 17.8 Å². The number of rotatable bonds is 6. The highest BCUT2D eigenvalue weighted by molar-refractivity contribution is 5.94. The molecule has 7 heteroatoms. The molecule has 3 rings (SSSR count). The predicted octanol–water partition coefficient (Wildman–Crippen LogP) is 3.08. The number of ether oxygens (including phenoxy) is 1. The van der Waals surface area contributed by atoms with Crippen LogP contribution in [0.25, 0.3) is 5.78 Å². The van der Waals surface area contributed by atoms with Crippen LogP contribution in [0.15, 0.2) is 30.3 Å². The number of aromatic nitrogens is 4. The van der Waals surface area contributed by atoms with Crippen LogP contribution in [0, 0.1) is 13.8 Å². The van der Waals surface area contributed by atoms with E-state index in [-0.39, 0.29) is 12.5 Å². The van der Waals surface area contributed by atoms with Gasteiger partial charge in [-0.1, -0.05) is 19.1 Å². The lowest BCUT2D eigenvalue weighted by Crippen LogP contribution is -2.31. The van der Waals surface area contributed by atoms with Gasteiger partial charge in [0.15, 0.2) is 5.82 Å². The first-order chi connectivity index (χ1) is 12.5. The second-order valence-electron chi connectivity index (χ2n) is 6.18. The van der Waals surface area contributed by atoms with Crippen molar-refractivity contribution in [1.82, 2.24) is 19.6 Å². The highest BCUT2D eigenvalue weighted by atomic mass is 16.5. The maximum Gasteiger partial charge on any atom is 0.252 e. The Labute approximate surface area is 152 Å². The van der Waals surface area contributed by atoms with Crippen LogP contribution in [0.4, 0.5) is 5.69 Å². The summed E-state index contributed by atoms with van der Waals surface area (Å²) in [6.07, 6.45) is 1.21. The third kappa shape index (κ3) is 3.51. The number of nitrogens with zero attached hydrogens (tertiary/aromatic N) is 5. The molecule has 1 amide bonds. The van der Waals surface area contributed by atoms with E-state index in [0.717, 1.165) is 17.8 Å². The van der Waals surface area contributed by atoms with Crippen molar-refractivity contribution in [3.63, 3.8) is 0 Å². The van der Waals surface area contributed by atoms with Crippen molar-refractivity contribution >= 4 is 17.4 Å². The van der Waals surface area contributed by atoms with E-state index < -0.39 is 0 Å². The molecule has 0 radical (unpaired) electrons. The van der Waals surface area contributed by atoms with E-state index in [1.54, 1.807) is 16.5 Å². The lowest BCUT2D eigenvalue weighted by atomic mass is 10.2. The maximum atomic E-state index is 12.7. The number of benzene rings is 1. The molecule has 0 aliphatic carbocycles. The normalized spacial score (nSPS) is 10.9. The fourth-order valence-corrected chi connectivity index (χ4v) is 2.93. The highest BCUT2D eigenvalue weighted by Crippen LogP contribution is 2.29. The molecular weight excluding hydrogens is 330 g/mol. The van der Waals surface area contributed by atoms with Crippen molar-refractivity contribution in [2.24, 2.45) is 0 Å². The number of fused-ring (bicyclic) bond motifs is 1. The SMILES string of the molecule is CCCC(=O)N(Cc1nc2nc(C)cc(C)n2n1)c1ccccc1OC. The molecule has 0 fully saturated rings. The summed E-state index contributed by atoms with van der Waals surface area (Å²) in [7, 11) is 1.60. The van der Waals surface area contributed by atoms with Crippen molar-refractivity contribution in [2.45, 2.75) is 40.2 Å². The van der Waals surface area contributed by atoms with Crippen LogP contribution < -0.4 is 9.64 Å². The number of carbonyl (C=O) groups excluding carboxylic acids is 1. The quantitative estimate of drug-likeness (QED) is 0.681. The van der Waals surface area contributed by atoms with E-state index in [4.69, 9.17) is 4.74 Å². The first kappa shape index (κ1) is 17.8. The van der Waals surface area contributed by atoms with Crippen LogP contribution in [-0.2, 0) is 11.3 Å². The molecule has 2 aromatic heterocycles. The third-order valence-electron chi connectivity index (χ3n) is 4.10. The zero-order valence-electron chi connectivity index (χ0n) is 15.6. The zero-order chi connectivity index (χ0) is 18.7. The molecule has 0 N–H and O–H groups in total. The van der Waals surface area contributed by atoms with Crippen molar-refractivity contribution in [1.29, 1.82) is 0 Å². The molecule has 136 valence electrons. The molecule has 1 aromatic carbocycles.